The van der Waals surface area contributed by atoms with E-state index in [0.717, 1.165) is 32.1 Å². The van der Waals surface area contributed by atoms with Gasteiger partial charge in [-0.1, -0.05) is 19.3 Å². The molecular weight excluding hydrogens is 236 g/mol. The molecule has 2 saturated heterocycles. The lowest BCUT2D eigenvalue weighted by molar-refractivity contribution is -0.138. The summed E-state index contributed by atoms with van der Waals surface area (Å²) in [5.41, 5.74) is 0. The number of Topliss-reactive ketones (excluding diaryl/α,β-unsaturated/α-hetero) is 1. The summed E-state index contributed by atoms with van der Waals surface area (Å²) in [6.07, 6.45) is 7.06. The molecule has 0 aromatic heterocycles. The molecular formula is C16H28N2O. The fraction of sp³-hybridized carbons (Fsp3) is 0.938. The topological polar surface area (TPSA) is 23.6 Å². The molecule has 3 atom stereocenters. The maximum Gasteiger partial charge on any atom is 0.144 e. The van der Waals surface area contributed by atoms with E-state index in [0.29, 0.717) is 11.8 Å². The Kier molecular flexibility index (Phi) is 3.95. The normalized spacial score (nSPS) is 36.4. The smallest absolute Gasteiger partial charge is 0.144 e. The number of carbonyl (C=O) groups excluding carboxylic acids is 1. The molecule has 3 aliphatic rings. The van der Waals surface area contributed by atoms with Crippen LogP contribution in [-0.4, -0.2) is 54.9 Å². The molecule has 0 aromatic carbocycles. The number of piperidine rings is 2. The predicted molar refractivity (Wildman–Crippen MR) is 77.1 cm³/mol. The maximum atomic E-state index is 12.2. The van der Waals surface area contributed by atoms with E-state index in [-0.39, 0.29) is 11.8 Å². The minimum Gasteiger partial charge on any atom is -0.305 e. The van der Waals surface area contributed by atoms with Crippen LogP contribution >= 0.6 is 0 Å². The van der Waals surface area contributed by atoms with Crippen molar-refractivity contribution < 1.29 is 4.79 Å². The highest BCUT2D eigenvalue weighted by atomic mass is 16.1. The first-order valence-electron chi connectivity index (χ1n) is 8.11. The van der Waals surface area contributed by atoms with Crippen LogP contribution in [0.2, 0.25) is 0 Å². The third kappa shape index (κ3) is 2.73. The number of ketones is 1. The van der Waals surface area contributed by atoms with Gasteiger partial charge in [0.15, 0.2) is 0 Å². The first-order chi connectivity index (χ1) is 9.15. The second kappa shape index (κ2) is 5.53. The molecule has 1 aliphatic carbocycles. The Balaban J connectivity index is 1.65. The monoisotopic (exact) mass is 264 g/mol. The van der Waals surface area contributed by atoms with Crippen molar-refractivity contribution in [3.8, 4) is 0 Å². The van der Waals surface area contributed by atoms with Crippen LogP contribution in [-0.2, 0) is 4.79 Å². The molecule has 0 radical (unpaired) electrons. The predicted octanol–water partition coefficient (Wildman–Crippen LogP) is 2.02. The van der Waals surface area contributed by atoms with Gasteiger partial charge in [-0.3, -0.25) is 9.69 Å². The Morgan fingerprint density at radius 1 is 1.00 bits per heavy atom. The molecule has 108 valence electrons. The van der Waals surface area contributed by atoms with Crippen molar-refractivity contribution in [1.29, 1.82) is 0 Å². The molecule has 0 aromatic rings. The molecule has 3 rings (SSSR count). The third-order valence-corrected chi connectivity index (χ3v) is 5.69. The summed E-state index contributed by atoms with van der Waals surface area (Å²) in [5, 5.41) is 0. The summed E-state index contributed by atoms with van der Waals surface area (Å²) >= 11 is 0. The van der Waals surface area contributed by atoms with Crippen molar-refractivity contribution in [3.05, 3.63) is 0 Å². The molecule has 2 aliphatic heterocycles. The molecule has 2 bridgehead atoms. The van der Waals surface area contributed by atoms with E-state index >= 15 is 0 Å². The second-order valence-electron chi connectivity index (χ2n) is 7.11. The fourth-order valence-electron chi connectivity index (χ4n) is 4.52. The van der Waals surface area contributed by atoms with E-state index in [9.17, 15) is 4.79 Å². The zero-order chi connectivity index (χ0) is 13.4. The van der Waals surface area contributed by atoms with Gasteiger partial charge in [-0.25, -0.2) is 0 Å². The number of fused-ring (bicyclic) bond motifs is 2. The zero-order valence-corrected chi connectivity index (χ0v) is 12.5. The van der Waals surface area contributed by atoms with Crippen molar-refractivity contribution in [2.24, 2.45) is 17.8 Å². The van der Waals surface area contributed by atoms with Gasteiger partial charge in [-0.05, 0) is 32.7 Å². The van der Waals surface area contributed by atoms with Gasteiger partial charge < -0.3 is 4.90 Å². The molecule has 0 spiro atoms. The summed E-state index contributed by atoms with van der Waals surface area (Å²) in [4.78, 5) is 17.2. The highest BCUT2D eigenvalue weighted by Gasteiger charge is 2.42. The largest absolute Gasteiger partial charge is 0.305 e. The summed E-state index contributed by atoms with van der Waals surface area (Å²) in [6, 6.07) is 0.682. The Labute approximate surface area is 117 Å². The van der Waals surface area contributed by atoms with Crippen molar-refractivity contribution in [1.82, 2.24) is 9.80 Å². The van der Waals surface area contributed by atoms with Crippen LogP contribution in [0.15, 0.2) is 0 Å². The van der Waals surface area contributed by atoms with Crippen LogP contribution in [0.1, 0.15) is 39.0 Å². The molecule has 2 heterocycles. The van der Waals surface area contributed by atoms with Gasteiger partial charge in [0.05, 0.1) is 0 Å². The lowest BCUT2D eigenvalue weighted by Gasteiger charge is -2.47. The standard InChI is InChI=1S/C16H28N2O/c1-12(13-6-4-3-5-7-13)18-10-14-8-17(2)9-15(11-18)16(14)19/h12-15H,3-11H2,1-2H3/t12-,14-,15+/m0/s1. The summed E-state index contributed by atoms with van der Waals surface area (Å²) in [6.45, 7) is 6.38. The lowest BCUT2D eigenvalue weighted by Crippen LogP contribution is -2.59. The number of rotatable bonds is 2. The SMILES string of the molecule is C[C@@H](C1CCCCC1)N1C[C@H]2CN(C)C[C@@H](C1)C2=O. The Morgan fingerprint density at radius 3 is 2.16 bits per heavy atom. The van der Waals surface area contributed by atoms with E-state index in [4.69, 9.17) is 0 Å². The van der Waals surface area contributed by atoms with Crippen LogP contribution in [0, 0.1) is 17.8 Å². The van der Waals surface area contributed by atoms with Crippen LogP contribution in [0.4, 0.5) is 0 Å². The quantitative estimate of drug-likeness (QED) is 0.762. The van der Waals surface area contributed by atoms with E-state index < -0.39 is 0 Å². The van der Waals surface area contributed by atoms with Gasteiger partial charge >= 0.3 is 0 Å². The minimum absolute atomic E-state index is 0.281. The van der Waals surface area contributed by atoms with Gasteiger partial charge in [0, 0.05) is 44.1 Å². The van der Waals surface area contributed by atoms with Crippen LogP contribution in [0.3, 0.4) is 0 Å². The van der Waals surface area contributed by atoms with Crippen LogP contribution in [0.5, 0.6) is 0 Å². The Bertz CT molecular complexity index is 320. The third-order valence-electron chi connectivity index (χ3n) is 5.69. The lowest BCUT2D eigenvalue weighted by atomic mass is 9.79. The Morgan fingerprint density at radius 2 is 1.58 bits per heavy atom. The fourth-order valence-corrected chi connectivity index (χ4v) is 4.52. The first-order valence-corrected chi connectivity index (χ1v) is 8.11. The molecule has 0 unspecified atom stereocenters. The van der Waals surface area contributed by atoms with Crippen molar-refractivity contribution in [3.63, 3.8) is 0 Å². The number of carbonyl (C=O) groups is 1. The summed E-state index contributed by atoms with van der Waals surface area (Å²) in [5.74, 6) is 1.98. The Hall–Kier alpha value is -0.410. The zero-order valence-electron chi connectivity index (χ0n) is 12.5. The number of hydrogen-bond acceptors (Lipinski definition) is 3. The molecule has 19 heavy (non-hydrogen) atoms. The molecule has 0 N–H and O–H groups in total. The van der Waals surface area contributed by atoms with Gasteiger partial charge in [-0.2, -0.15) is 0 Å². The molecule has 1 saturated carbocycles. The van der Waals surface area contributed by atoms with Crippen molar-refractivity contribution in [2.45, 2.75) is 45.1 Å². The van der Waals surface area contributed by atoms with Crippen molar-refractivity contribution in [2.75, 3.05) is 33.2 Å². The van der Waals surface area contributed by atoms with Gasteiger partial charge in [0.25, 0.3) is 0 Å². The van der Waals surface area contributed by atoms with Crippen LogP contribution in [0.25, 0.3) is 0 Å². The van der Waals surface area contributed by atoms with Crippen LogP contribution < -0.4 is 0 Å². The molecule has 3 nitrogen and oxygen atoms in total. The second-order valence-corrected chi connectivity index (χ2v) is 7.11. The van der Waals surface area contributed by atoms with E-state index in [1.165, 1.54) is 32.1 Å². The van der Waals surface area contributed by atoms with Gasteiger partial charge in [0.2, 0.25) is 0 Å². The van der Waals surface area contributed by atoms with E-state index in [2.05, 4.69) is 23.8 Å². The number of likely N-dealkylation sites (tertiary alicyclic amines) is 2. The number of nitrogens with zero attached hydrogens (tertiary/aromatic N) is 2. The van der Waals surface area contributed by atoms with Gasteiger partial charge in [0.1, 0.15) is 5.78 Å². The van der Waals surface area contributed by atoms with E-state index in [1.807, 2.05) is 0 Å². The highest BCUT2D eigenvalue weighted by molar-refractivity contribution is 5.85. The minimum atomic E-state index is 0.281. The van der Waals surface area contributed by atoms with Crippen molar-refractivity contribution >= 4 is 5.78 Å². The summed E-state index contributed by atoms with van der Waals surface area (Å²) in [7, 11) is 2.16. The first kappa shape index (κ1) is 13.6. The highest BCUT2D eigenvalue weighted by Crippen LogP contribution is 2.32. The molecule has 0 amide bonds. The number of hydrogen-bond donors (Lipinski definition) is 0. The molecule has 3 heteroatoms. The molecule has 3 fully saturated rings. The maximum absolute atomic E-state index is 12.2. The van der Waals surface area contributed by atoms with Gasteiger partial charge in [-0.15, -0.1) is 0 Å². The van der Waals surface area contributed by atoms with E-state index in [1.54, 1.807) is 0 Å². The average Bonchev–Trinajstić information content (AvgIpc) is 2.40. The average molecular weight is 264 g/mol. The summed E-state index contributed by atoms with van der Waals surface area (Å²) < 4.78 is 0.